The van der Waals surface area contributed by atoms with Gasteiger partial charge in [0.25, 0.3) is 0 Å². The quantitative estimate of drug-likeness (QED) is 0.0392. The highest BCUT2D eigenvalue weighted by Gasteiger charge is 2.47. The van der Waals surface area contributed by atoms with E-state index >= 15 is 0 Å². The Morgan fingerprint density at radius 3 is 1.38 bits per heavy atom. The molecule has 0 amide bonds. The van der Waals surface area contributed by atoms with Gasteiger partial charge >= 0.3 is 35.7 Å². The number of hydrogen-bond donors (Lipinski definition) is 0. The molecular weight excluding hydrogens is 793 g/mol. The predicted molar refractivity (Wildman–Crippen MR) is 242 cm³/mol. The Balaban J connectivity index is 0.974. The van der Waals surface area contributed by atoms with Crippen LogP contribution in [0.5, 0.6) is 17.2 Å². The molecule has 2 unspecified atom stereocenters. The van der Waals surface area contributed by atoms with Crippen LogP contribution < -0.4 is 14.2 Å². The first kappa shape index (κ1) is 45.5. The Morgan fingerprint density at radius 2 is 0.914 bits per heavy atom. The average molecular weight is 855 g/mol. The summed E-state index contributed by atoms with van der Waals surface area (Å²) in [4.78, 5) is 0. The van der Waals surface area contributed by atoms with Crippen molar-refractivity contribution in [3.8, 4) is 17.2 Å². The molecule has 58 heavy (non-hydrogen) atoms. The molecule has 4 aromatic carbocycles. The van der Waals surface area contributed by atoms with Gasteiger partial charge in [-0.05, 0) is 147 Å². The summed E-state index contributed by atoms with van der Waals surface area (Å²) in [6.07, 6.45) is 10.2. The highest BCUT2D eigenvalue weighted by molar-refractivity contribution is 6.86. The highest BCUT2D eigenvalue weighted by Crippen LogP contribution is 2.30. The highest BCUT2D eigenvalue weighted by atomic mass is 28.5. The minimum Gasteiger partial charge on any atom is -0.494 e. The van der Waals surface area contributed by atoms with Gasteiger partial charge in [-0.3, -0.25) is 0 Å². The standard InChI is InChI=1S/C46H62O8Si4/c1-7-30-48-44-24-18-41(19-25-44)37-40-16-14-39(15-17-40)13-9-10-32-47-33-11-35-57(5)52-55(3)51-56(4)53-58(6,54-57)36-12-34-50-46-28-22-43(23-29-46)38-42-20-26-45(27-21-42)49-31-8-2/h7-8,14-29H,1-2,9-13,30-38H2,3-6H3. The van der Waals surface area contributed by atoms with Crippen LogP contribution in [-0.2, 0) is 40.5 Å². The van der Waals surface area contributed by atoms with E-state index in [2.05, 4.69) is 100 Å². The first-order valence-electron chi connectivity index (χ1n) is 20.6. The minimum atomic E-state index is -2.57. The van der Waals surface area contributed by atoms with Crippen molar-refractivity contribution in [3.63, 3.8) is 0 Å². The first-order valence-corrected chi connectivity index (χ1v) is 29.3. The van der Waals surface area contributed by atoms with Crippen molar-refractivity contribution in [2.24, 2.45) is 0 Å². The number of benzene rings is 4. The van der Waals surface area contributed by atoms with E-state index < -0.39 is 35.7 Å². The first-order chi connectivity index (χ1) is 28.1. The van der Waals surface area contributed by atoms with Gasteiger partial charge in [-0.1, -0.05) is 86.0 Å². The number of aryl methyl sites for hydroxylation is 1. The SMILES string of the molecule is C=CCOc1ccc(Cc2ccc(CCCCOCCC[Si]3(C)O[Si](C)O[Si](C)O[Si](C)(CCCOc4ccc(Cc5ccc(OCC=C)cc5)cc4)O3)cc2)cc1. The maximum Gasteiger partial charge on any atom is 0.362 e. The molecule has 8 nitrogen and oxygen atoms in total. The van der Waals surface area contributed by atoms with Crippen LogP contribution in [0.4, 0.5) is 0 Å². The van der Waals surface area contributed by atoms with Crippen molar-refractivity contribution >= 4 is 35.7 Å². The normalized spacial score (nSPS) is 18.9. The Kier molecular flexibility index (Phi) is 18.7. The topological polar surface area (TPSA) is 73.8 Å². The van der Waals surface area contributed by atoms with E-state index in [9.17, 15) is 0 Å². The van der Waals surface area contributed by atoms with Crippen molar-refractivity contribution in [2.45, 2.75) is 83.2 Å². The summed E-state index contributed by atoms with van der Waals surface area (Å²) in [7, 11) is -8.02. The van der Waals surface area contributed by atoms with Gasteiger partial charge in [0.05, 0.1) is 6.61 Å². The molecule has 0 spiro atoms. The van der Waals surface area contributed by atoms with Gasteiger partial charge in [-0.2, -0.15) is 0 Å². The van der Waals surface area contributed by atoms with Crippen LogP contribution >= 0.6 is 0 Å². The molecule has 1 saturated heterocycles. The second-order valence-corrected chi connectivity index (χ2v) is 25.9. The van der Waals surface area contributed by atoms with Crippen molar-refractivity contribution in [1.82, 2.24) is 0 Å². The second-order valence-electron chi connectivity index (χ2n) is 15.1. The van der Waals surface area contributed by atoms with Crippen molar-refractivity contribution in [3.05, 3.63) is 150 Å². The van der Waals surface area contributed by atoms with Crippen LogP contribution in [0.15, 0.2) is 122 Å². The van der Waals surface area contributed by atoms with E-state index in [1.807, 2.05) is 36.4 Å². The van der Waals surface area contributed by atoms with Crippen LogP contribution in [0.25, 0.3) is 0 Å². The lowest BCUT2D eigenvalue weighted by molar-refractivity contribution is 0.129. The fourth-order valence-corrected chi connectivity index (χ4v) is 22.5. The van der Waals surface area contributed by atoms with Crippen molar-refractivity contribution < 1.29 is 35.4 Å². The molecule has 1 aliphatic heterocycles. The third kappa shape index (κ3) is 16.2. The fourth-order valence-electron chi connectivity index (χ4n) is 6.98. The Morgan fingerprint density at radius 1 is 0.517 bits per heavy atom. The van der Waals surface area contributed by atoms with Crippen LogP contribution in [-0.4, -0.2) is 68.7 Å². The largest absolute Gasteiger partial charge is 0.494 e. The van der Waals surface area contributed by atoms with Crippen LogP contribution in [0.2, 0.25) is 38.3 Å². The third-order valence-electron chi connectivity index (χ3n) is 9.75. The summed E-state index contributed by atoms with van der Waals surface area (Å²) >= 11 is 0. The summed E-state index contributed by atoms with van der Waals surface area (Å²) < 4.78 is 49.9. The lowest BCUT2D eigenvalue weighted by Gasteiger charge is -2.42. The van der Waals surface area contributed by atoms with E-state index in [4.69, 9.17) is 35.4 Å². The molecule has 1 fully saturated rings. The molecule has 0 saturated carbocycles. The van der Waals surface area contributed by atoms with Gasteiger partial charge in [0.15, 0.2) is 0 Å². The summed E-state index contributed by atoms with van der Waals surface area (Å²) in [5, 5.41) is 0. The molecule has 0 N–H and O–H groups in total. The molecule has 4 aromatic rings. The van der Waals surface area contributed by atoms with Gasteiger partial charge in [-0.25, -0.2) is 0 Å². The smallest absolute Gasteiger partial charge is 0.362 e. The zero-order valence-corrected chi connectivity index (χ0v) is 39.0. The lowest BCUT2D eigenvalue weighted by atomic mass is 10.0. The average Bonchev–Trinajstić information content (AvgIpc) is 3.20. The second kappa shape index (κ2) is 23.9. The summed E-state index contributed by atoms with van der Waals surface area (Å²) in [5.74, 6) is 2.59. The summed E-state index contributed by atoms with van der Waals surface area (Å²) in [6.45, 7) is 18.9. The Labute approximate surface area is 353 Å². The number of unbranched alkanes of at least 4 members (excludes halogenated alkanes) is 1. The maximum absolute atomic E-state index is 6.98. The number of rotatable bonds is 24. The molecule has 0 aliphatic carbocycles. The van der Waals surface area contributed by atoms with E-state index in [1.54, 1.807) is 12.2 Å². The van der Waals surface area contributed by atoms with Gasteiger partial charge in [-0.15, -0.1) is 0 Å². The van der Waals surface area contributed by atoms with Crippen LogP contribution in [0, 0.1) is 0 Å². The zero-order valence-electron chi connectivity index (χ0n) is 35.0. The molecule has 0 bridgehead atoms. The molecule has 310 valence electrons. The van der Waals surface area contributed by atoms with E-state index in [0.717, 1.165) is 80.9 Å². The van der Waals surface area contributed by atoms with Crippen LogP contribution in [0.3, 0.4) is 0 Å². The molecular formula is C46H62O8Si4. The Bertz CT molecular complexity index is 1790. The van der Waals surface area contributed by atoms with Crippen molar-refractivity contribution in [1.29, 1.82) is 0 Å². The lowest BCUT2D eigenvalue weighted by Crippen LogP contribution is -2.59. The monoisotopic (exact) mass is 854 g/mol. The molecule has 2 atom stereocenters. The molecule has 0 aromatic heterocycles. The molecule has 2 radical (unpaired) electrons. The van der Waals surface area contributed by atoms with Crippen molar-refractivity contribution in [2.75, 3.05) is 33.0 Å². The number of hydrogen-bond acceptors (Lipinski definition) is 8. The van der Waals surface area contributed by atoms with Crippen LogP contribution in [0.1, 0.15) is 53.5 Å². The fraction of sp³-hybridized carbons (Fsp3) is 0.391. The molecule has 12 heteroatoms. The van der Waals surface area contributed by atoms with E-state index in [0.29, 0.717) is 26.4 Å². The summed E-state index contributed by atoms with van der Waals surface area (Å²) in [6, 6.07) is 35.5. The molecule has 5 rings (SSSR count). The zero-order chi connectivity index (χ0) is 41.1. The molecule has 1 aliphatic rings. The van der Waals surface area contributed by atoms with Gasteiger partial charge in [0.2, 0.25) is 0 Å². The van der Waals surface area contributed by atoms with E-state index in [-0.39, 0.29) is 0 Å². The van der Waals surface area contributed by atoms with Gasteiger partial charge in [0, 0.05) is 13.2 Å². The minimum absolute atomic E-state index is 0.509. The third-order valence-corrected chi connectivity index (χ3v) is 23.8. The maximum atomic E-state index is 6.98. The van der Waals surface area contributed by atoms with Gasteiger partial charge < -0.3 is 35.4 Å². The molecule has 1 heterocycles. The van der Waals surface area contributed by atoms with Gasteiger partial charge in [0.1, 0.15) is 30.5 Å². The van der Waals surface area contributed by atoms with E-state index in [1.165, 1.54) is 27.8 Å². The Hall–Kier alpha value is -3.57. The predicted octanol–water partition coefficient (Wildman–Crippen LogP) is 10.7. The number of ether oxygens (including phenoxy) is 4. The summed E-state index contributed by atoms with van der Waals surface area (Å²) in [5.41, 5.74) is 6.42.